The molecule has 1 aliphatic carbocycles. The third-order valence-electron chi connectivity index (χ3n) is 6.36. The van der Waals surface area contributed by atoms with Gasteiger partial charge in [0.25, 0.3) is 11.8 Å². The van der Waals surface area contributed by atoms with Gasteiger partial charge in [-0.15, -0.1) is 0 Å². The molecule has 0 saturated heterocycles. The molecule has 11 heteroatoms. The van der Waals surface area contributed by atoms with E-state index in [0.717, 1.165) is 32.1 Å². The average Bonchev–Trinajstić information content (AvgIpc) is 2.85. The molecule has 4 N–H and O–H groups in total. The Morgan fingerprint density at radius 3 is 2.08 bits per heavy atom. The van der Waals surface area contributed by atoms with Crippen molar-refractivity contribution in [3.8, 4) is 0 Å². The molecule has 1 aromatic heterocycles. The quantitative estimate of drug-likeness (QED) is 0.341. The van der Waals surface area contributed by atoms with Gasteiger partial charge in [-0.05, 0) is 31.1 Å². The van der Waals surface area contributed by atoms with Gasteiger partial charge in [-0.2, -0.15) is 0 Å². The SMILES string of the molecule is CC(NC(=O)C(NC(=O)c1cnccn1)C(C)(C)C)C(=O)NC(C(=O)C(=O)NC1CCCCC1)C(C)C. The molecule has 2 rings (SSSR count). The minimum atomic E-state index is -1.04. The Bertz CT molecular complexity index is 969. The molecule has 3 unspecified atom stereocenters. The smallest absolute Gasteiger partial charge is 0.289 e. The number of amides is 4. The lowest BCUT2D eigenvalue weighted by Gasteiger charge is -2.31. The van der Waals surface area contributed by atoms with E-state index in [1.165, 1.54) is 25.5 Å². The van der Waals surface area contributed by atoms with Crippen LogP contribution in [0, 0.1) is 11.3 Å². The highest BCUT2D eigenvalue weighted by molar-refractivity contribution is 6.38. The van der Waals surface area contributed by atoms with Crippen LogP contribution in [0.25, 0.3) is 0 Å². The summed E-state index contributed by atoms with van der Waals surface area (Å²) in [6, 6.07) is -3.08. The van der Waals surface area contributed by atoms with E-state index in [9.17, 15) is 24.0 Å². The molecule has 1 fully saturated rings. The molecule has 1 aromatic rings. The summed E-state index contributed by atoms with van der Waals surface area (Å²) < 4.78 is 0. The molecule has 0 aromatic carbocycles. The number of nitrogens with zero attached hydrogens (tertiary/aromatic N) is 2. The molecule has 204 valence electrons. The molecule has 0 aliphatic heterocycles. The maximum absolute atomic E-state index is 13.1. The van der Waals surface area contributed by atoms with Crippen LogP contribution >= 0.6 is 0 Å². The number of Topliss-reactive ketones (excluding diaryl/α,β-unsaturated/α-hetero) is 1. The second-order valence-corrected chi connectivity index (χ2v) is 11.0. The highest BCUT2D eigenvalue weighted by Gasteiger charge is 2.36. The standard InChI is InChI=1S/C26H40N6O5/c1-15(2)19(20(33)24(36)30-17-10-8-7-9-11-17)31-22(34)16(3)29-25(37)21(26(4,5)6)32-23(35)18-14-27-12-13-28-18/h12-17,19,21H,7-11H2,1-6H3,(H,29,37)(H,30,36)(H,31,34)(H,32,35). The number of rotatable bonds is 10. The van der Waals surface area contributed by atoms with E-state index in [2.05, 4.69) is 31.2 Å². The molecule has 0 spiro atoms. The molecule has 37 heavy (non-hydrogen) atoms. The highest BCUT2D eigenvalue weighted by Crippen LogP contribution is 2.20. The van der Waals surface area contributed by atoms with Gasteiger partial charge in [0.1, 0.15) is 17.8 Å². The number of carbonyl (C=O) groups is 5. The van der Waals surface area contributed by atoms with E-state index in [1.807, 2.05) is 0 Å². The zero-order valence-electron chi connectivity index (χ0n) is 22.6. The molecule has 3 atom stereocenters. The number of carbonyl (C=O) groups excluding carboxylic acids is 5. The molecule has 11 nitrogen and oxygen atoms in total. The monoisotopic (exact) mass is 516 g/mol. The van der Waals surface area contributed by atoms with Crippen molar-refractivity contribution in [1.29, 1.82) is 0 Å². The summed E-state index contributed by atoms with van der Waals surface area (Å²) in [6.07, 6.45) is 8.90. The lowest BCUT2D eigenvalue weighted by Crippen LogP contribution is -2.59. The third kappa shape index (κ3) is 8.91. The summed E-state index contributed by atoms with van der Waals surface area (Å²) in [5.74, 6) is -3.52. The fourth-order valence-electron chi connectivity index (χ4n) is 4.12. The Morgan fingerprint density at radius 1 is 0.892 bits per heavy atom. The van der Waals surface area contributed by atoms with E-state index in [1.54, 1.807) is 34.6 Å². The van der Waals surface area contributed by atoms with E-state index >= 15 is 0 Å². The predicted octanol–water partition coefficient (Wildman–Crippen LogP) is 1.28. The van der Waals surface area contributed by atoms with Crippen LogP contribution in [0.3, 0.4) is 0 Å². The Hall–Kier alpha value is -3.37. The molecule has 1 aliphatic rings. The molecular formula is C26H40N6O5. The van der Waals surface area contributed by atoms with Crippen LogP contribution in [0.2, 0.25) is 0 Å². The van der Waals surface area contributed by atoms with Gasteiger partial charge in [-0.3, -0.25) is 29.0 Å². The largest absolute Gasteiger partial charge is 0.347 e. The first-order valence-electron chi connectivity index (χ1n) is 12.8. The highest BCUT2D eigenvalue weighted by atomic mass is 16.2. The first-order valence-corrected chi connectivity index (χ1v) is 12.8. The van der Waals surface area contributed by atoms with Crippen molar-refractivity contribution in [3.05, 3.63) is 24.3 Å². The molecule has 1 saturated carbocycles. The Kier molecular flexibility index (Phi) is 10.7. The summed E-state index contributed by atoms with van der Waals surface area (Å²) in [7, 11) is 0. The summed E-state index contributed by atoms with van der Waals surface area (Å²) in [5.41, 5.74) is -0.633. The van der Waals surface area contributed by atoms with Crippen LogP contribution in [-0.4, -0.2) is 63.5 Å². The summed E-state index contributed by atoms with van der Waals surface area (Å²) in [5, 5.41) is 10.7. The lowest BCUT2D eigenvalue weighted by atomic mass is 9.85. The zero-order chi connectivity index (χ0) is 27.8. The lowest BCUT2D eigenvalue weighted by molar-refractivity contribution is -0.141. The summed E-state index contributed by atoms with van der Waals surface area (Å²) >= 11 is 0. The molecule has 0 bridgehead atoms. The molecule has 1 heterocycles. The van der Waals surface area contributed by atoms with Crippen molar-refractivity contribution in [1.82, 2.24) is 31.2 Å². The van der Waals surface area contributed by atoms with Crippen molar-refractivity contribution < 1.29 is 24.0 Å². The predicted molar refractivity (Wildman–Crippen MR) is 137 cm³/mol. The minimum absolute atomic E-state index is 0.0293. The van der Waals surface area contributed by atoms with Crippen molar-refractivity contribution in [2.75, 3.05) is 0 Å². The second-order valence-electron chi connectivity index (χ2n) is 11.0. The van der Waals surface area contributed by atoms with Gasteiger partial charge < -0.3 is 21.3 Å². The van der Waals surface area contributed by atoms with Crippen molar-refractivity contribution >= 4 is 29.4 Å². The van der Waals surface area contributed by atoms with Gasteiger partial charge in [0.15, 0.2) is 0 Å². The van der Waals surface area contributed by atoms with Crippen molar-refractivity contribution in [2.24, 2.45) is 11.3 Å². The van der Waals surface area contributed by atoms with Gasteiger partial charge in [0.2, 0.25) is 17.6 Å². The van der Waals surface area contributed by atoms with Crippen LogP contribution in [0.4, 0.5) is 0 Å². The Morgan fingerprint density at radius 2 is 1.54 bits per heavy atom. The van der Waals surface area contributed by atoms with Crippen LogP contribution in [0.5, 0.6) is 0 Å². The first-order chi connectivity index (χ1) is 17.3. The fraction of sp³-hybridized carbons (Fsp3) is 0.654. The Labute approximate surface area is 218 Å². The number of nitrogens with one attached hydrogen (secondary N) is 4. The molecule has 4 amide bonds. The summed E-state index contributed by atoms with van der Waals surface area (Å²) in [4.78, 5) is 71.8. The van der Waals surface area contributed by atoms with Gasteiger partial charge in [-0.25, -0.2) is 4.98 Å². The van der Waals surface area contributed by atoms with Crippen molar-refractivity contribution in [2.45, 2.75) is 97.8 Å². The van der Waals surface area contributed by atoms with Crippen LogP contribution < -0.4 is 21.3 Å². The number of ketones is 1. The second kappa shape index (κ2) is 13.3. The van der Waals surface area contributed by atoms with Crippen LogP contribution in [-0.2, 0) is 19.2 Å². The van der Waals surface area contributed by atoms with E-state index in [0.29, 0.717) is 0 Å². The zero-order valence-corrected chi connectivity index (χ0v) is 22.6. The Balaban J connectivity index is 2.02. The first kappa shape index (κ1) is 29.9. The van der Waals surface area contributed by atoms with Crippen LogP contribution in [0.1, 0.15) is 84.1 Å². The van der Waals surface area contributed by atoms with E-state index in [4.69, 9.17) is 0 Å². The van der Waals surface area contributed by atoms with Crippen molar-refractivity contribution in [3.63, 3.8) is 0 Å². The van der Waals surface area contributed by atoms with E-state index in [-0.39, 0.29) is 17.7 Å². The van der Waals surface area contributed by atoms with Gasteiger partial charge in [0, 0.05) is 18.4 Å². The van der Waals surface area contributed by atoms with Gasteiger partial charge in [0.05, 0.1) is 12.2 Å². The average molecular weight is 517 g/mol. The number of hydrogen-bond acceptors (Lipinski definition) is 7. The normalized spacial score (nSPS) is 16.7. The third-order valence-corrected chi connectivity index (χ3v) is 6.36. The molecule has 0 radical (unpaired) electrons. The fourth-order valence-corrected chi connectivity index (χ4v) is 4.12. The topological polar surface area (TPSA) is 159 Å². The minimum Gasteiger partial charge on any atom is -0.347 e. The van der Waals surface area contributed by atoms with E-state index < -0.39 is 53.0 Å². The van der Waals surface area contributed by atoms with Gasteiger partial charge >= 0.3 is 0 Å². The maximum Gasteiger partial charge on any atom is 0.289 e. The maximum atomic E-state index is 13.1. The number of aromatic nitrogens is 2. The number of hydrogen-bond donors (Lipinski definition) is 4. The molecular weight excluding hydrogens is 476 g/mol. The summed E-state index contributed by atoms with van der Waals surface area (Å²) in [6.45, 7) is 10.3. The van der Waals surface area contributed by atoms with Gasteiger partial charge in [-0.1, -0.05) is 53.9 Å². The van der Waals surface area contributed by atoms with Crippen LogP contribution in [0.15, 0.2) is 18.6 Å².